The average molecular weight is 352 g/mol. The summed E-state index contributed by atoms with van der Waals surface area (Å²) in [6.07, 6.45) is -0.0686. The van der Waals surface area contributed by atoms with Crippen LogP contribution in [0, 0.1) is 10.1 Å². The highest BCUT2D eigenvalue weighted by atomic mass is 35.5. The van der Waals surface area contributed by atoms with Crippen molar-refractivity contribution in [2.45, 2.75) is 22.3 Å². The van der Waals surface area contributed by atoms with Crippen LogP contribution in [0.5, 0.6) is 0 Å². The number of rotatable bonds is 6. The fourth-order valence-electron chi connectivity index (χ4n) is 1.96. The van der Waals surface area contributed by atoms with Crippen molar-refractivity contribution in [1.82, 2.24) is 0 Å². The molecule has 2 rings (SSSR count). The molecule has 6 nitrogen and oxygen atoms in total. The second kappa shape index (κ2) is 7.45. The van der Waals surface area contributed by atoms with Gasteiger partial charge in [0.05, 0.1) is 9.82 Å². The van der Waals surface area contributed by atoms with E-state index in [2.05, 4.69) is 0 Å². The van der Waals surface area contributed by atoms with Gasteiger partial charge < -0.3 is 11.5 Å². The molecule has 0 bridgehead atoms. The molecule has 120 valence electrons. The zero-order valence-corrected chi connectivity index (χ0v) is 13.5. The minimum atomic E-state index is -0.666. The van der Waals surface area contributed by atoms with Crippen molar-refractivity contribution in [2.75, 3.05) is 0 Å². The summed E-state index contributed by atoms with van der Waals surface area (Å²) in [7, 11) is 0. The van der Waals surface area contributed by atoms with E-state index in [4.69, 9.17) is 23.1 Å². The Bertz CT molecular complexity index is 737. The largest absolute Gasteiger partial charge is 0.370 e. The molecular weight excluding hydrogens is 338 g/mol. The van der Waals surface area contributed by atoms with Gasteiger partial charge in [0, 0.05) is 28.4 Å². The van der Waals surface area contributed by atoms with Gasteiger partial charge in [-0.1, -0.05) is 29.4 Å². The summed E-state index contributed by atoms with van der Waals surface area (Å²) >= 11 is 7.08. The van der Waals surface area contributed by atoms with E-state index in [1.54, 1.807) is 36.4 Å². The van der Waals surface area contributed by atoms with Gasteiger partial charge in [0.1, 0.15) is 0 Å². The van der Waals surface area contributed by atoms with Gasteiger partial charge in [-0.2, -0.15) is 0 Å². The zero-order valence-electron chi connectivity index (χ0n) is 11.9. The minimum absolute atomic E-state index is 0.0672. The number of hydrogen-bond acceptors (Lipinski definition) is 5. The number of nitro benzene ring substituents is 1. The number of nitro groups is 1. The van der Waals surface area contributed by atoms with Gasteiger partial charge in [0.2, 0.25) is 5.91 Å². The maximum Gasteiger partial charge on any atom is 0.283 e. The van der Waals surface area contributed by atoms with Gasteiger partial charge in [0.25, 0.3) is 5.69 Å². The fourth-order valence-corrected chi connectivity index (χ4v) is 2.98. The van der Waals surface area contributed by atoms with Gasteiger partial charge in [-0.05, 0) is 35.9 Å². The first-order chi connectivity index (χ1) is 10.9. The molecule has 0 heterocycles. The number of halogens is 1. The summed E-state index contributed by atoms with van der Waals surface area (Å²) in [6, 6.07) is 11.0. The highest BCUT2D eigenvalue weighted by Gasteiger charge is 2.19. The first-order valence-electron chi connectivity index (χ1n) is 6.62. The van der Waals surface area contributed by atoms with Crippen LogP contribution in [0.4, 0.5) is 5.69 Å². The molecule has 0 aromatic heterocycles. The molecule has 0 fully saturated rings. The van der Waals surface area contributed by atoms with Gasteiger partial charge >= 0.3 is 0 Å². The maximum atomic E-state index is 11.3. The van der Waals surface area contributed by atoms with Crippen molar-refractivity contribution < 1.29 is 9.72 Å². The van der Waals surface area contributed by atoms with E-state index in [0.717, 1.165) is 4.90 Å². The first kappa shape index (κ1) is 17.3. The van der Waals surface area contributed by atoms with E-state index in [-0.39, 0.29) is 12.1 Å². The quantitative estimate of drug-likeness (QED) is 0.612. The lowest BCUT2D eigenvalue weighted by Crippen LogP contribution is -2.20. The second-order valence-corrected chi connectivity index (χ2v) is 6.37. The molecule has 1 atom stereocenters. The molecule has 0 spiro atoms. The molecule has 1 unspecified atom stereocenters. The van der Waals surface area contributed by atoms with Crippen LogP contribution in [0.1, 0.15) is 18.0 Å². The molecule has 1 amide bonds. The van der Waals surface area contributed by atoms with Gasteiger partial charge in [0.15, 0.2) is 0 Å². The van der Waals surface area contributed by atoms with Crippen molar-refractivity contribution >= 4 is 35.0 Å². The predicted molar refractivity (Wildman–Crippen MR) is 89.4 cm³/mol. The molecule has 0 radical (unpaired) electrons. The summed E-state index contributed by atoms with van der Waals surface area (Å²) in [5, 5.41) is 11.9. The number of hydrogen-bond donors (Lipinski definition) is 2. The number of nitrogens with zero attached hydrogens (tertiary/aromatic N) is 1. The zero-order chi connectivity index (χ0) is 17.0. The molecule has 23 heavy (non-hydrogen) atoms. The molecule has 8 heteroatoms. The van der Waals surface area contributed by atoms with Crippen molar-refractivity contribution in [2.24, 2.45) is 11.5 Å². The van der Waals surface area contributed by atoms with E-state index >= 15 is 0 Å². The Morgan fingerprint density at radius 3 is 2.48 bits per heavy atom. The van der Waals surface area contributed by atoms with Crippen LogP contribution in [-0.2, 0) is 4.79 Å². The summed E-state index contributed by atoms with van der Waals surface area (Å²) in [6.45, 7) is 0. The van der Waals surface area contributed by atoms with Crippen LogP contribution in [0.15, 0.2) is 52.3 Å². The number of carbonyl (C=O) groups is 1. The van der Waals surface area contributed by atoms with Crippen molar-refractivity contribution in [3.63, 3.8) is 0 Å². The van der Waals surface area contributed by atoms with E-state index in [0.29, 0.717) is 15.5 Å². The van der Waals surface area contributed by atoms with Gasteiger partial charge in [-0.3, -0.25) is 14.9 Å². The van der Waals surface area contributed by atoms with Crippen molar-refractivity contribution in [3.05, 3.63) is 63.2 Å². The normalized spacial score (nSPS) is 11.9. The van der Waals surface area contributed by atoms with Crippen LogP contribution in [0.3, 0.4) is 0 Å². The molecule has 2 aromatic carbocycles. The summed E-state index contributed by atoms with van der Waals surface area (Å²) in [5.41, 5.74) is 11.4. The van der Waals surface area contributed by atoms with Crippen molar-refractivity contribution in [3.8, 4) is 0 Å². The second-order valence-electron chi connectivity index (χ2n) is 4.82. The summed E-state index contributed by atoms with van der Waals surface area (Å²) < 4.78 is 0. The number of primary amides is 1. The van der Waals surface area contributed by atoms with Crippen LogP contribution >= 0.6 is 23.4 Å². The highest BCUT2D eigenvalue weighted by molar-refractivity contribution is 7.99. The summed E-state index contributed by atoms with van der Waals surface area (Å²) in [4.78, 5) is 23.1. The number of benzene rings is 2. The highest BCUT2D eigenvalue weighted by Crippen LogP contribution is 2.36. The maximum absolute atomic E-state index is 11.3. The SMILES string of the molecule is NC(=O)CC(N)c1ccc(Sc2ccc(Cl)cc2)c([N+](=O)[O-])c1. The Labute approximate surface area is 142 Å². The van der Waals surface area contributed by atoms with Crippen molar-refractivity contribution in [1.29, 1.82) is 0 Å². The third kappa shape index (κ3) is 4.69. The lowest BCUT2D eigenvalue weighted by molar-refractivity contribution is -0.387. The van der Waals surface area contributed by atoms with E-state index in [9.17, 15) is 14.9 Å². The predicted octanol–water partition coefficient (Wildman–Crippen LogP) is 3.27. The number of carbonyl (C=O) groups excluding carboxylic acids is 1. The molecule has 4 N–H and O–H groups in total. The third-order valence-corrected chi connectivity index (χ3v) is 4.40. The monoisotopic (exact) mass is 351 g/mol. The minimum Gasteiger partial charge on any atom is -0.370 e. The third-order valence-electron chi connectivity index (χ3n) is 3.07. The molecule has 2 aromatic rings. The smallest absolute Gasteiger partial charge is 0.283 e. The molecule has 0 saturated heterocycles. The average Bonchev–Trinajstić information content (AvgIpc) is 2.49. The molecule has 0 aliphatic carbocycles. The molecule has 0 saturated carbocycles. The molecular formula is C15H14ClN3O3S. The van der Waals surface area contributed by atoms with E-state index in [1.165, 1.54) is 17.8 Å². The van der Waals surface area contributed by atoms with Gasteiger partial charge in [-0.25, -0.2) is 0 Å². The molecule has 0 aliphatic rings. The summed E-state index contributed by atoms with van der Waals surface area (Å²) in [5.74, 6) is -0.556. The number of nitrogens with two attached hydrogens (primary N) is 2. The van der Waals surface area contributed by atoms with Crippen LogP contribution < -0.4 is 11.5 Å². The van der Waals surface area contributed by atoms with Crippen LogP contribution in [0.25, 0.3) is 0 Å². The van der Waals surface area contributed by atoms with Crippen LogP contribution in [-0.4, -0.2) is 10.8 Å². The van der Waals surface area contributed by atoms with Gasteiger partial charge in [-0.15, -0.1) is 0 Å². The fraction of sp³-hybridized carbons (Fsp3) is 0.133. The lowest BCUT2D eigenvalue weighted by atomic mass is 10.0. The first-order valence-corrected chi connectivity index (χ1v) is 7.82. The van der Waals surface area contributed by atoms with Crippen LogP contribution in [0.2, 0.25) is 5.02 Å². The van der Waals surface area contributed by atoms with E-state index in [1.807, 2.05) is 0 Å². The Balaban J connectivity index is 2.31. The molecule has 0 aliphatic heterocycles. The topological polar surface area (TPSA) is 112 Å². The Morgan fingerprint density at radius 2 is 1.91 bits per heavy atom. The lowest BCUT2D eigenvalue weighted by Gasteiger charge is -2.11. The Morgan fingerprint density at radius 1 is 1.26 bits per heavy atom. The van der Waals surface area contributed by atoms with E-state index < -0.39 is 16.9 Å². The number of amides is 1. The Kier molecular flexibility index (Phi) is 5.59. The Hall–Kier alpha value is -2.09. The standard InChI is InChI=1S/C15H14ClN3O3S/c16-10-2-4-11(5-3-10)23-14-6-1-9(7-13(14)19(21)22)12(17)8-15(18)20/h1-7,12H,8,17H2,(H2,18,20).